The Morgan fingerprint density at radius 1 is 0.907 bits per heavy atom. The number of anilines is 1. The van der Waals surface area contributed by atoms with Crippen molar-refractivity contribution in [3.05, 3.63) is 82.3 Å². The number of amides is 2. The van der Waals surface area contributed by atoms with E-state index in [0.717, 1.165) is 47.9 Å². The summed E-state index contributed by atoms with van der Waals surface area (Å²) in [4.78, 5) is 57.3. The summed E-state index contributed by atoms with van der Waals surface area (Å²) in [6, 6.07) is 18.1. The molecule has 13 heteroatoms. The Morgan fingerprint density at radius 2 is 1.59 bits per heavy atom. The molecule has 1 saturated carbocycles. The van der Waals surface area contributed by atoms with E-state index in [9.17, 15) is 27.6 Å². The number of ether oxygens (including phenoxy) is 1. The number of sulfonamides is 1. The van der Waals surface area contributed by atoms with E-state index in [-0.39, 0.29) is 40.5 Å². The summed E-state index contributed by atoms with van der Waals surface area (Å²) in [5, 5.41) is 5.82. The molecular weight excluding hydrogens is 707 g/mol. The van der Waals surface area contributed by atoms with E-state index in [2.05, 4.69) is 20.6 Å². The number of fused-ring (bicyclic) bond motifs is 1. The van der Waals surface area contributed by atoms with Gasteiger partial charge in [0.1, 0.15) is 11.4 Å². The molecule has 288 valence electrons. The lowest BCUT2D eigenvalue weighted by Crippen LogP contribution is -2.37. The second-order valence-electron chi connectivity index (χ2n) is 15.8. The molecule has 4 aromatic rings. The van der Waals surface area contributed by atoms with Gasteiger partial charge in [0.2, 0.25) is 15.9 Å². The minimum atomic E-state index is -3.58. The van der Waals surface area contributed by atoms with Crippen LogP contribution in [0.4, 0.5) is 10.5 Å². The first kappa shape index (κ1) is 39.0. The van der Waals surface area contributed by atoms with Crippen LogP contribution < -0.4 is 16.3 Å². The van der Waals surface area contributed by atoms with E-state index in [1.807, 2.05) is 58.0 Å². The molecule has 1 aliphatic heterocycles. The van der Waals surface area contributed by atoms with Gasteiger partial charge in [-0.15, -0.1) is 0 Å². The summed E-state index contributed by atoms with van der Waals surface area (Å²) in [5.41, 5.74) is 4.27. The summed E-state index contributed by atoms with van der Waals surface area (Å²) in [6.07, 6.45) is 4.62. The molecule has 1 saturated heterocycles. The monoisotopic (exact) mass is 757 g/mol. The number of aromatic nitrogens is 2. The fourth-order valence-electron chi connectivity index (χ4n) is 7.51. The van der Waals surface area contributed by atoms with Gasteiger partial charge < -0.3 is 25.3 Å². The van der Waals surface area contributed by atoms with E-state index in [4.69, 9.17) is 4.74 Å². The largest absolute Gasteiger partial charge is 0.444 e. The number of carbonyl (C=O) groups excluding carboxylic acids is 3. The van der Waals surface area contributed by atoms with E-state index in [1.165, 1.54) is 0 Å². The van der Waals surface area contributed by atoms with Crippen LogP contribution in [0.3, 0.4) is 0 Å². The Labute approximate surface area is 316 Å². The average molecular weight is 758 g/mol. The Morgan fingerprint density at radius 3 is 2.28 bits per heavy atom. The average Bonchev–Trinajstić information content (AvgIpc) is 3.80. The molecule has 1 aliphatic carbocycles. The standard InChI is InChI=1S/C41H51N5O7S/c1-26-7-17-33(54(51,52)46-19-5-6-20-46)24-34(26)29-12-8-27(9-13-29)21-31(38(48)43-32-16-18-35-36(23-32)45-39(49)44-35)22-37(47)30-14-10-28(11-15-30)25-42-40(50)53-41(2,3)4/h7-9,12-13,16-18,23-24,28,30-31H,5-6,10-11,14-15,19-22,25H2,1-4H3,(H,42,50)(H,43,48)(H2,44,45,49)/t28?,30?,31-/m1/s1. The van der Waals surface area contributed by atoms with Gasteiger partial charge in [-0.2, -0.15) is 4.31 Å². The summed E-state index contributed by atoms with van der Waals surface area (Å²) in [6.45, 7) is 8.97. The highest BCUT2D eigenvalue weighted by atomic mass is 32.2. The molecular formula is C41H51N5O7S. The number of carbonyl (C=O) groups is 3. The quantitative estimate of drug-likeness (QED) is 0.125. The molecule has 0 radical (unpaired) electrons. The van der Waals surface area contributed by atoms with Crippen LogP contribution in [-0.2, 0) is 30.8 Å². The number of hydrogen-bond donors (Lipinski definition) is 4. The van der Waals surface area contributed by atoms with Crippen LogP contribution >= 0.6 is 0 Å². The number of nitrogens with zero attached hydrogens (tertiary/aromatic N) is 1. The zero-order valence-electron chi connectivity index (χ0n) is 31.5. The van der Waals surface area contributed by atoms with Gasteiger partial charge in [-0.3, -0.25) is 9.59 Å². The lowest BCUT2D eigenvalue weighted by Gasteiger charge is -2.29. The van der Waals surface area contributed by atoms with Crippen molar-refractivity contribution in [2.75, 3.05) is 25.0 Å². The molecule has 2 aliphatic rings. The van der Waals surface area contributed by atoms with Crippen LogP contribution in [0.5, 0.6) is 0 Å². The van der Waals surface area contributed by atoms with Crippen molar-refractivity contribution in [3.63, 3.8) is 0 Å². The predicted molar refractivity (Wildman–Crippen MR) is 209 cm³/mol. The number of aryl methyl sites for hydroxylation is 1. The van der Waals surface area contributed by atoms with Gasteiger partial charge in [0.25, 0.3) is 0 Å². The summed E-state index contributed by atoms with van der Waals surface area (Å²) in [5.74, 6) is -0.836. The Balaban J connectivity index is 1.15. The van der Waals surface area contributed by atoms with Crippen molar-refractivity contribution < 1.29 is 27.5 Å². The van der Waals surface area contributed by atoms with Crippen molar-refractivity contribution in [1.29, 1.82) is 0 Å². The fourth-order valence-corrected chi connectivity index (χ4v) is 9.05. The predicted octanol–water partition coefficient (Wildman–Crippen LogP) is 6.70. The van der Waals surface area contributed by atoms with E-state index in [1.54, 1.807) is 34.6 Å². The molecule has 6 rings (SSSR count). The van der Waals surface area contributed by atoms with Crippen LogP contribution in [0.2, 0.25) is 0 Å². The first-order chi connectivity index (χ1) is 25.6. The van der Waals surface area contributed by atoms with Crippen molar-refractivity contribution in [3.8, 4) is 11.1 Å². The lowest BCUT2D eigenvalue weighted by molar-refractivity contribution is -0.129. The first-order valence-corrected chi connectivity index (χ1v) is 20.3. The van der Waals surface area contributed by atoms with E-state index < -0.39 is 27.6 Å². The Kier molecular flexibility index (Phi) is 11.8. The highest BCUT2D eigenvalue weighted by Gasteiger charge is 2.31. The van der Waals surface area contributed by atoms with Crippen molar-refractivity contribution in [2.24, 2.45) is 17.8 Å². The number of imidazole rings is 1. The molecule has 4 N–H and O–H groups in total. The minimum absolute atomic E-state index is 0.0439. The van der Waals surface area contributed by atoms with Crippen LogP contribution in [0.25, 0.3) is 22.2 Å². The van der Waals surface area contributed by atoms with Crippen LogP contribution in [-0.4, -0.2) is 65.7 Å². The van der Waals surface area contributed by atoms with E-state index in [0.29, 0.717) is 55.6 Å². The Bertz CT molecular complexity index is 2150. The molecule has 2 amide bonds. The molecule has 2 fully saturated rings. The zero-order valence-corrected chi connectivity index (χ0v) is 32.3. The first-order valence-electron chi connectivity index (χ1n) is 18.9. The second kappa shape index (κ2) is 16.3. The van der Waals surface area contributed by atoms with Gasteiger partial charge in [-0.1, -0.05) is 30.3 Å². The number of alkyl carbamates (subject to hydrolysis) is 1. The van der Waals surface area contributed by atoms with Gasteiger partial charge in [0.05, 0.1) is 15.9 Å². The van der Waals surface area contributed by atoms with Crippen LogP contribution in [0, 0.1) is 24.7 Å². The normalized spacial score (nSPS) is 18.7. The number of aromatic amines is 2. The molecule has 0 bridgehead atoms. The van der Waals surface area contributed by atoms with E-state index >= 15 is 0 Å². The number of ketones is 1. The maximum Gasteiger partial charge on any atom is 0.407 e. The summed E-state index contributed by atoms with van der Waals surface area (Å²) in [7, 11) is -3.58. The summed E-state index contributed by atoms with van der Waals surface area (Å²) >= 11 is 0. The SMILES string of the molecule is Cc1ccc(S(=O)(=O)N2CCCC2)cc1-c1ccc(C[C@H](CC(=O)C2CCC(CNC(=O)OC(C)(C)C)CC2)C(=O)Nc2ccc3[nH]c(=O)[nH]c3c2)cc1. The van der Waals surface area contributed by atoms with Gasteiger partial charge in [-0.05, 0) is 131 Å². The maximum atomic E-state index is 13.9. The minimum Gasteiger partial charge on any atom is -0.444 e. The molecule has 0 spiro atoms. The maximum absolute atomic E-state index is 13.9. The number of hydrogen-bond acceptors (Lipinski definition) is 7. The Hall–Kier alpha value is -4.75. The number of rotatable bonds is 12. The van der Waals surface area contributed by atoms with Gasteiger partial charge in [0, 0.05) is 43.6 Å². The van der Waals surface area contributed by atoms with Gasteiger partial charge in [-0.25, -0.2) is 18.0 Å². The van der Waals surface area contributed by atoms with Crippen LogP contribution in [0.15, 0.2) is 70.4 Å². The number of benzene rings is 3. The highest BCUT2D eigenvalue weighted by molar-refractivity contribution is 7.89. The molecule has 3 aromatic carbocycles. The number of H-pyrrole nitrogens is 2. The molecule has 0 unspecified atom stereocenters. The van der Waals surface area contributed by atoms with Crippen LogP contribution in [0.1, 0.15) is 76.8 Å². The zero-order chi connectivity index (χ0) is 38.6. The number of Topliss-reactive ketones (excluding diaryl/α,β-unsaturated/α-hetero) is 1. The third-order valence-electron chi connectivity index (χ3n) is 10.5. The molecule has 2 heterocycles. The van der Waals surface area contributed by atoms with Crippen molar-refractivity contribution in [2.45, 2.75) is 89.6 Å². The molecule has 1 atom stereocenters. The third kappa shape index (κ3) is 9.67. The van der Waals surface area contributed by atoms with Gasteiger partial charge >= 0.3 is 11.8 Å². The van der Waals surface area contributed by atoms with Crippen molar-refractivity contribution in [1.82, 2.24) is 19.6 Å². The highest BCUT2D eigenvalue weighted by Crippen LogP contribution is 2.33. The lowest BCUT2D eigenvalue weighted by atomic mass is 9.77. The fraction of sp³-hybridized carbons (Fsp3) is 0.463. The third-order valence-corrected chi connectivity index (χ3v) is 12.4. The molecule has 1 aromatic heterocycles. The number of nitrogens with one attached hydrogen (secondary N) is 4. The molecule has 54 heavy (non-hydrogen) atoms. The topological polar surface area (TPSA) is 171 Å². The molecule has 12 nitrogen and oxygen atoms in total. The smallest absolute Gasteiger partial charge is 0.407 e. The van der Waals surface area contributed by atoms with Gasteiger partial charge in [0.15, 0.2) is 0 Å². The van der Waals surface area contributed by atoms with Crippen molar-refractivity contribution >= 4 is 44.5 Å². The second-order valence-corrected chi connectivity index (χ2v) is 17.7. The summed E-state index contributed by atoms with van der Waals surface area (Å²) < 4.78 is 33.5.